The van der Waals surface area contributed by atoms with Crippen molar-refractivity contribution in [3.05, 3.63) is 42.0 Å². The first kappa shape index (κ1) is 26.1. The van der Waals surface area contributed by atoms with E-state index in [2.05, 4.69) is 4.18 Å². The van der Waals surface area contributed by atoms with E-state index in [0.717, 1.165) is 43.4 Å². The van der Waals surface area contributed by atoms with Crippen LogP contribution in [0.25, 0.3) is 11.1 Å². The third-order valence-electron chi connectivity index (χ3n) is 8.50. The number of benzene rings is 2. The van der Waals surface area contributed by atoms with Gasteiger partial charge in [0.2, 0.25) is 0 Å². The SMILES string of the molecule is O=S(=O)(Oc1ccc(O)c(-c2ccc(C3CCCCC3)cc2)c1O)C(F)(F)C(F)(F)C1CC2CCC1C2. The fraction of sp³-hybridized carbons (Fsp3) is 0.556. The van der Waals surface area contributed by atoms with Gasteiger partial charge >= 0.3 is 21.3 Å². The van der Waals surface area contributed by atoms with Crippen LogP contribution < -0.4 is 4.18 Å². The highest BCUT2D eigenvalue weighted by Gasteiger charge is 2.72. The molecular weight excluding hydrogens is 512 g/mol. The Bertz CT molecular complexity index is 1260. The summed E-state index contributed by atoms with van der Waals surface area (Å²) in [4.78, 5) is 0. The molecule has 0 heterocycles. The fourth-order valence-electron chi connectivity index (χ4n) is 6.51. The number of hydrogen-bond acceptors (Lipinski definition) is 5. The van der Waals surface area contributed by atoms with Crippen molar-refractivity contribution in [1.29, 1.82) is 0 Å². The maximum absolute atomic E-state index is 15.0. The molecule has 3 aliphatic rings. The Kier molecular flexibility index (Phi) is 6.61. The summed E-state index contributed by atoms with van der Waals surface area (Å²) < 4.78 is 89.2. The quantitative estimate of drug-likeness (QED) is 0.286. The molecule has 0 aliphatic heterocycles. The second kappa shape index (κ2) is 9.36. The zero-order valence-corrected chi connectivity index (χ0v) is 21.0. The topological polar surface area (TPSA) is 83.8 Å². The number of alkyl halides is 4. The molecule has 2 N–H and O–H groups in total. The minimum atomic E-state index is -6.21. The van der Waals surface area contributed by atoms with Crippen LogP contribution >= 0.6 is 0 Å². The lowest BCUT2D eigenvalue weighted by molar-refractivity contribution is -0.202. The van der Waals surface area contributed by atoms with Gasteiger partial charge in [0.1, 0.15) is 5.75 Å². The van der Waals surface area contributed by atoms with Gasteiger partial charge in [-0.3, -0.25) is 0 Å². The van der Waals surface area contributed by atoms with E-state index in [4.69, 9.17) is 0 Å². The highest BCUT2D eigenvalue weighted by Crippen LogP contribution is 2.58. The predicted molar refractivity (Wildman–Crippen MR) is 129 cm³/mol. The number of phenolic OH excluding ortho intramolecular Hbond substituents is 2. The zero-order chi connectivity index (χ0) is 26.6. The van der Waals surface area contributed by atoms with Crippen LogP contribution in [0.2, 0.25) is 0 Å². The third kappa shape index (κ3) is 4.45. The fourth-order valence-corrected chi connectivity index (χ4v) is 7.47. The Morgan fingerprint density at radius 2 is 1.51 bits per heavy atom. The molecule has 2 bridgehead atoms. The van der Waals surface area contributed by atoms with Gasteiger partial charge in [-0.25, -0.2) is 0 Å². The number of hydrogen-bond donors (Lipinski definition) is 2. The number of halogens is 4. The largest absolute Gasteiger partial charge is 0.507 e. The van der Waals surface area contributed by atoms with E-state index in [9.17, 15) is 36.2 Å². The van der Waals surface area contributed by atoms with E-state index >= 15 is 0 Å². The highest BCUT2D eigenvalue weighted by atomic mass is 32.2. The molecule has 2 aromatic carbocycles. The lowest BCUT2D eigenvalue weighted by atomic mass is 9.83. The average Bonchev–Trinajstić information content (AvgIpc) is 3.51. The lowest BCUT2D eigenvalue weighted by Crippen LogP contribution is -2.54. The maximum Gasteiger partial charge on any atom is 0.442 e. The van der Waals surface area contributed by atoms with Crippen molar-refractivity contribution in [3.63, 3.8) is 0 Å². The van der Waals surface area contributed by atoms with E-state index in [-0.39, 0.29) is 23.5 Å². The van der Waals surface area contributed by atoms with E-state index in [0.29, 0.717) is 25.2 Å². The second-order valence-electron chi connectivity index (χ2n) is 10.7. The highest BCUT2D eigenvalue weighted by molar-refractivity contribution is 7.88. The first-order valence-electron chi connectivity index (χ1n) is 12.8. The maximum atomic E-state index is 15.0. The van der Waals surface area contributed by atoms with E-state index < -0.39 is 50.4 Å². The van der Waals surface area contributed by atoms with Crippen LogP contribution in [-0.4, -0.2) is 29.8 Å². The predicted octanol–water partition coefficient (Wildman–Crippen LogP) is 7.19. The van der Waals surface area contributed by atoms with Crippen LogP contribution in [0.5, 0.6) is 17.2 Å². The number of aromatic hydroxyl groups is 2. The Labute approximate surface area is 213 Å². The molecule has 0 radical (unpaired) electrons. The van der Waals surface area contributed by atoms with Gasteiger partial charge in [-0.1, -0.05) is 49.9 Å². The normalized spacial score (nSPS) is 24.9. The van der Waals surface area contributed by atoms with Crippen LogP contribution in [-0.2, 0) is 10.1 Å². The van der Waals surface area contributed by atoms with Gasteiger partial charge in [-0.2, -0.15) is 26.0 Å². The van der Waals surface area contributed by atoms with Crippen molar-refractivity contribution in [2.45, 2.75) is 74.9 Å². The molecule has 0 spiro atoms. The van der Waals surface area contributed by atoms with Gasteiger partial charge in [-0.15, -0.1) is 0 Å². The zero-order valence-electron chi connectivity index (χ0n) is 20.2. The summed E-state index contributed by atoms with van der Waals surface area (Å²) in [6.45, 7) is 0. The number of phenols is 2. The van der Waals surface area contributed by atoms with Crippen molar-refractivity contribution < 1.29 is 40.4 Å². The van der Waals surface area contributed by atoms with Crippen molar-refractivity contribution in [3.8, 4) is 28.4 Å². The first-order chi connectivity index (χ1) is 17.4. The Morgan fingerprint density at radius 1 is 0.838 bits per heavy atom. The van der Waals surface area contributed by atoms with E-state index in [1.807, 2.05) is 12.1 Å². The van der Waals surface area contributed by atoms with Crippen LogP contribution in [0.15, 0.2) is 36.4 Å². The molecule has 3 aliphatic carbocycles. The minimum Gasteiger partial charge on any atom is -0.507 e. The van der Waals surface area contributed by atoms with Crippen LogP contribution in [0.1, 0.15) is 69.3 Å². The summed E-state index contributed by atoms with van der Waals surface area (Å²) >= 11 is 0. The molecule has 0 aromatic heterocycles. The molecule has 2 aromatic rings. The summed E-state index contributed by atoms with van der Waals surface area (Å²) in [6, 6.07) is 8.62. The summed E-state index contributed by atoms with van der Waals surface area (Å²) in [5.74, 6) is -9.32. The average molecular weight is 543 g/mol. The van der Waals surface area contributed by atoms with Gasteiger partial charge in [0.05, 0.1) is 5.56 Å². The van der Waals surface area contributed by atoms with E-state index in [1.54, 1.807) is 12.1 Å². The van der Waals surface area contributed by atoms with Crippen LogP contribution in [0, 0.1) is 17.8 Å². The van der Waals surface area contributed by atoms with Crippen molar-refractivity contribution >= 4 is 10.1 Å². The second-order valence-corrected chi connectivity index (χ2v) is 12.3. The number of fused-ring (bicyclic) bond motifs is 2. The molecule has 3 atom stereocenters. The van der Waals surface area contributed by atoms with Crippen molar-refractivity contribution in [2.24, 2.45) is 17.8 Å². The molecule has 3 unspecified atom stereocenters. The Balaban J connectivity index is 1.41. The molecule has 5 nitrogen and oxygen atoms in total. The summed E-state index contributed by atoms with van der Waals surface area (Å²) in [5.41, 5.74) is 1.13. The van der Waals surface area contributed by atoms with Crippen LogP contribution in [0.4, 0.5) is 17.6 Å². The number of rotatable bonds is 7. The molecule has 3 saturated carbocycles. The molecule has 0 saturated heterocycles. The molecule has 0 amide bonds. The third-order valence-corrected chi connectivity index (χ3v) is 9.80. The summed E-state index contributed by atoms with van der Waals surface area (Å²) in [5, 5.41) is 15.5. The summed E-state index contributed by atoms with van der Waals surface area (Å²) in [7, 11) is -6.21. The van der Waals surface area contributed by atoms with Gasteiger partial charge in [-0.05, 0) is 73.1 Å². The molecule has 5 rings (SSSR count). The monoisotopic (exact) mass is 542 g/mol. The molecule has 10 heteroatoms. The minimum absolute atomic E-state index is 0.103. The molecule has 37 heavy (non-hydrogen) atoms. The summed E-state index contributed by atoms with van der Waals surface area (Å²) in [6.07, 6.45) is 6.84. The van der Waals surface area contributed by atoms with Crippen molar-refractivity contribution in [2.75, 3.05) is 0 Å². The van der Waals surface area contributed by atoms with Gasteiger partial charge < -0.3 is 14.4 Å². The Morgan fingerprint density at radius 3 is 2.11 bits per heavy atom. The molecule has 202 valence electrons. The van der Waals surface area contributed by atoms with Gasteiger partial charge in [0.25, 0.3) is 0 Å². The standard InChI is InChI=1S/C27H30F4O5S/c28-26(29,21-15-16-6-7-20(21)14-16)27(30,31)37(34,35)36-23-13-12-22(32)24(25(23)33)19-10-8-18(9-11-19)17-4-2-1-3-5-17/h8-13,16-17,20-21,32-33H,1-7,14-15H2. The van der Waals surface area contributed by atoms with Gasteiger partial charge in [0.15, 0.2) is 11.5 Å². The van der Waals surface area contributed by atoms with Crippen molar-refractivity contribution in [1.82, 2.24) is 0 Å². The van der Waals surface area contributed by atoms with E-state index in [1.165, 1.54) is 6.42 Å². The molecule has 3 fully saturated rings. The lowest BCUT2D eigenvalue weighted by Gasteiger charge is -2.34. The Hall–Kier alpha value is -2.49. The molecular formula is C27H30F4O5S. The van der Waals surface area contributed by atoms with Gasteiger partial charge in [0, 0.05) is 5.92 Å². The first-order valence-corrected chi connectivity index (χ1v) is 14.2. The van der Waals surface area contributed by atoms with Crippen LogP contribution in [0.3, 0.4) is 0 Å². The smallest absolute Gasteiger partial charge is 0.442 e.